The average Bonchev–Trinajstić information content (AvgIpc) is 3.19. The predicted molar refractivity (Wildman–Crippen MR) is 117 cm³/mol. The van der Waals surface area contributed by atoms with E-state index in [2.05, 4.69) is 10.1 Å². The molecule has 3 aromatic rings. The van der Waals surface area contributed by atoms with Crippen molar-refractivity contribution in [1.82, 2.24) is 15.0 Å². The lowest BCUT2D eigenvalue weighted by atomic mass is 10.0. The fourth-order valence-electron chi connectivity index (χ4n) is 2.99. The number of ether oxygens (including phenoxy) is 2. The van der Waals surface area contributed by atoms with E-state index >= 15 is 0 Å². The number of nitrogens with zero attached hydrogens (tertiary/aromatic N) is 3. The van der Waals surface area contributed by atoms with Crippen LogP contribution >= 0.6 is 0 Å². The first-order chi connectivity index (χ1) is 15.2. The van der Waals surface area contributed by atoms with E-state index in [0.717, 1.165) is 5.56 Å². The highest BCUT2D eigenvalue weighted by Gasteiger charge is 2.27. The van der Waals surface area contributed by atoms with Crippen LogP contribution in [0.25, 0.3) is 0 Å². The molecule has 0 unspecified atom stereocenters. The van der Waals surface area contributed by atoms with Crippen LogP contribution in [0.4, 0.5) is 0 Å². The summed E-state index contributed by atoms with van der Waals surface area (Å²) in [5.74, 6) is 0.604. The van der Waals surface area contributed by atoms with Crippen LogP contribution in [0, 0.1) is 6.92 Å². The van der Waals surface area contributed by atoms with E-state index < -0.39 is 11.5 Å². The average molecular weight is 437 g/mol. The number of benzene rings is 2. The van der Waals surface area contributed by atoms with E-state index in [9.17, 15) is 9.59 Å². The Balaban J connectivity index is 1.54. The molecule has 1 amide bonds. The molecule has 2 aromatic carbocycles. The largest absolute Gasteiger partial charge is 0.485 e. The Labute approximate surface area is 187 Å². The normalized spacial score (nSPS) is 11.1. The number of carbonyl (C=O) groups is 2. The topological polar surface area (TPSA) is 94.8 Å². The molecule has 0 N–H and O–H groups in total. The van der Waals surface area contributed by atoms with Crippen molar-refractivity contribution in [1.29, 1.82) is 0 Å². The summed E-state index contributed by atoms with van der Waals surface area (Å²) in [6.07, 6.45) is 0. The van der Waals surface area contributed by atoms with Gasteiger partial charge < -0.3 is 18.9 Å². The first-order valence-electron chi connectivity index (χ1n) is 10.3. The van der Waals surface area contributed by atoms with Crippen molar-refractivity contribution in [3.8, 4) is 5.75 Å². The number of rotatable bonds is 8. The molecule has 3 rings (SSSR count). The SMILES string of the molecule is Cc1nc(COc2ccc(C(=O)OCC(=O)N(Cc3ccccc3)C(C)(C)C)cc2)no1. The van der Waals surface area contributed by atoms with Gasteiger partial charge in [-0.15, -0.1) is 0 Å². The number of amides is 1. The van der Waals surface area contributed by atoms with Gasteiger partial charge in [-0.1, -0.05) is 35.5 Å². The second-order valence-electron chi connectivity index (χ2n) is 8.26. The van der Waals surface area contributed by atoms with Crippen LogP contribution in [0.3, 0.4) is 0 Å². The van der Waals surface area contributed by atoms with Crippen LogP contribution in [0.2, 0.25) is 0 Å². The molecule has 0 fully saturated rings. The van der Waals surface area contributed by atoms with Crippen molar-refractivity contribution in [2.24, 2.45) is 0 Å². The molecule has 1 heterocycles. The van der Waals surface area contributed by atoms with Crippen LogP contribution in [0.5, 0.6) is 5.75 Å². The van der Waals surface area contributed by atoms with Crippen molar-refractivity contribution >= 4 is 11.9 Å². The summed E-state index contributed by atoms with van der Waals surface area (Å²) in [4.78, 5) is 31.0. The molecule has 0 saturated heterocycles. The van der Waals surface area contributed by atoms with Gasteiger partial charge in [-0.25, -0.2) is 4.79 Å². The molecular weight excluding hydrogens is 410 g/mol. The maximum atomic E-state index is 12.8. The third-order valence-electron chi connectivity index (χ3n) is 4.65. The number of hydrogen-bond acceptors (Lipinski definition) is 7. The van der Waals surface area contributed by atoms with Crippen LogP contribution in [0.1, 0.15) is 48.4 Å². The van der Waals surface area contributed by atoms with E-state index in [4.69, 9.17) is 14.0 Å². The smallest absolute Gasteiger partial charge is 0.338 e. The molecule has 32 heavy (non-hydrogen) atoms. The fraction of sp³-hybridized carbons (Fsp3) is 0.333. The third kappa shape index (κ3) is 6.41. The molecule has 8 nitrogen and oxygen atoms in total. The molecule has 0 aliphatic rings. The van der Waals surface area contributed by atoms with Crippen molar-refractivity contribution in [3.05, 3.63) is 77.4 Å². The lowest BCUT2D eigenvalue weighted by molar-refractivity contribution is -0.140. The van der Waals surface area contributed by atoms with Crippen molar-refractivity contribution in [2.45, 2.75) is 46.4 Å². The van der Waals surface area contributed by atoms with E-state index in [1.165, 1.54) is 0 Å². The van der Waals surface area contributed by atoms with E-state index in [1.54, 1.807) is 36.1 Å². The molecule has 0 saturated carbocycles. The Morgan fingerprint density at radius 2 is 1.72 bits per heavy atom. The number of aryl methyl sites for hydroxylation is 1. The van der Waals surface area contributed by atoms with Gasteiger partial charge in [0.25, 0.3) is 5.91 Å². The van der Waals surface area contributed by atoms with Crippen molar-refractivity contribution in [2.75, 3.05) is 6.61 Å². The predicted octanol–water partition coefficient (Wildman–Crippen LogP) is 3.94. The van der Waals surface area contributed by atoms with Gasteiger partial charge in [0.2, 0.25) is 11.7 Å². The first-order valence-corrected chi connectivity index (χ1v) is 10.3. The Morgan fingerprint density at radius 3 is 2.31 bits per heavy atom. The van der Waals surface area contributed by atoms with Crippen LogP contribution < -0.4 is 4.74 Å². The summed E-state index contributed by atoms with van der Waals surface area (Å²) in [6.45, 7) is 7.80. The summed E-state index contributed by atoms with van der Waals surface area (Å²) < 4.78 is 15.7. The summed E-state index contributed by atoms with van der Waals surface area (Å²) in [7, 11) is 0. The van der Waals surface area contributed by atoms with Gasteiger partial charge in [0.1, 0.15) is 5.75 Å². The Morgan fingerprint density at radius 1 is 1.03 bits per heavy atom. The molecule has 0 spiro atoms. The van der Waals surface area contributed by atoms with E-state index in [0.29, 0.717) is 29.6 Å². The minimum absolute atomic E-state index is 0.152. The monoisotopic (exact) mass is 437 g/mol. The van der Waals surface area contributed by atoms with Gasteiger partial charge in [0.15, 0.2) is 13.2 Å². The highest BCUT2D eigenvalue weighted by molar-refractivity contribution is 5.91. The van der Waals surface area contributed by atoms with Gasteiger partial charge in [0.05, 0.1) is 5.56 Å². The zero-order chi connectivity index (χ0) is 23.1. The first kappa shape index (κ1) is 23.0. The third-order valence-corrected chi connectivity index (χ3v) is 4.65. The van der Waals surface area contributed by atoms with Crippen LogP contribution in [0.15, 0.2) is 59.1 Å². The number of aromatic nitrogens is 2. The highest BCUT2D eigenvalue weighted by Crippen LogP contribution is 2.19. The maximum absolute atomic E-state index is 12.8. The highest BCUT2D eigenvalue weighted by atomic mass is 16.5. The molecule has 8 heteroatoms. The van der Waals surface area contributed by atoms with E-state index in [-0.39, 0.29) is 19.1 Å². The van der Waals surface area contributed by atoms with E-state index in [1.807, 2.05) is 51.1 Å². The second kappa shape index (κ2) is 10.1. The van der Waals surface area contributed by atoms with Gasteiger partial charge in [0, 0.05) is 19.0 Å². The summed E-state index contributed by atoms with van der Waals surface area (Å²) in [6, 6.07) is 16.1. The maximum Gasteiger partial charge on any atom is 0.338 e. The number of esters is 1. The summed E-state index contributed by atoms with van der Waals surface area (Å²) >= 11 is 0. The van der Waals surface area contributed by atoms with Crippen molar-refractivity contribution < 1.29 is 23.6 Å². The van der Waals surface area contributed by atoms with Gasteiger partial charge in [-0.05, 0) is 50.6 Å². The standard InChI is InChI=1S/C24H27N3O5/c1-17-25-21(26-32-17)15-30-20-12-10-19(11-13-20)23(29)31-16-22(28)27(24(2,3)4)14-18-8-6-5-7-9-18/h5-13H,14-16H2,1-4H3. The number of hydrogen-bond donors (Lipinski definition) is 0. The Bertz CT molecular complexity index is 1040. The molecule has 0 atom stereocenters. The lowest BCUT2D eigenvalue weighted by Crippen LogP contribution is -2.46. The number of carbonyl (C=O) groups excluding carboxylic acids is 2. The summed E-state index contributed by atoms with van der Waals surface area (Å²) in [5, 5.41) is 3.75. The molecule has 168 valence electrons. The lowest BCUT2D eigenvalue weighted by Gasteiger charge is -2.35. The summed E-state index contributed by atoms with van der Waals surface area (Å²) in [5.41, 5.74) is 0.912. The molecular formula is C24H27N3O5. The molecule has 1 aromatic heterocycles. The van der Waals surface area contributed by atoms with Crippen molar-refractivity contribution in [3.63, 3.8) is 0 Å². The van der Waals surface area contributed by atoms with Crippen LogP contribution in [-0.2, 0) is 22.7 Å². The quantitative estimate of drug-likeness (QED) is 0.493. The minimum Gasteiger partial charge on any atom is -0.485 e. The Hall–Kier alpha value is -3.68. The molecule has 0 radical (unpaired) electrons. The zero-order valence-corrected chi connectivity index (χ0v) is 18.7. The minimum atomic E-state index is -0.577. The molecule has 0 bridgehead atoms. The fourth-order valence-corrected chi connectivity index (χ4v) is 2.99. The van der Waals surface area contributed by atoms with Crippen LogP contribution in [-0.4, -0.2) is 39.1 Å². The molecule has 0 aliphatic carbocycles. The molecule has 0 aliphatic heterocycles. The van der Waals surface area contributed by atoms with Gasteiger partial charge >= 0.3 is 5.97 Å². The Kier molecular flexibility index (Phi) is 7.25. The van der Waals surface area contributed by atoms with Gasteiger partial charge in [-0.3, -0.25) is 4.79 Å². The zero-order valence-electron chi connectivity index (χ0n) is 18.7. The second-order valence-corrected chi connectivity index (χ2v) is 8.26. The van der Waals surface area contributed by atoms with Gasteiger partial charge in [-0.2, -0.15) is 4.98 Å².